The molecule has 2 aromatic rings. The smallest absolute Gasteiger partial charge is 0.306 e. The van der Waals surface area contributed by atoms with Crippen molar-refractivity contribution in [1.82, 2.24) is 19.6 Å². The van der Waals surface area contributed by atoms with Crippen LogP contribution in [0.15, 0.2) is 41.0 Å². The van der Waals surface area contributed by atoms with Crippen molar-refractivity contribution in [1.29, 1.82) is 0 Å². The van der Waals surface area contributed by atoms with Crippen molar-refractivity contribution in [3.63, 3.8) is 0 Å². The summed E-state index contributed by atoms with van der Waals surface area (Å²) in [5, 5.41) is 18.1. The molecule has 260 valence electrons. The zero-order valence-corrected chi connectivity index (χ0v) is 29.0. The molecule has 2 aromatic heterocycles. The summed E-state index contributed by atoms with van der Waals surface area (Å²) in [5.74, 6) is -2.80. The van der Waals surface area contributed by atoms with Gasteiger partial charge >= 0.3 is 5.97 Å². The van der Waals surface area contributed by atoms with Gasteiger partial charge in [-0.15, -0.1) is 11.8 Å². The Labute approximate surface area is 288 Å². The quantitative estimate of drug-likeness (QED) is 0.0514. The lowest BCUT2D eigenvalue weighted by Crippen LogP contribution is -2.71. The molecule has 0 aliphatic carbocycles. The van der Waals surface area contributed by atoms with Crippen molar-refractivity contribution in [2.75, 3.05) is 18.1 Å². The number of aromatic nitrogens is 3. The molecule has 4 heterocycles. The number of ether oxygens (including phenoxy) is 1. The summed E-state index contributed by atoms with van der Waals surface area (Å²) in [6.45, 7) is 4.43. The molecular formula is C32H43N7O7S2. The van der Waals surface area contributed by atoms with E-state index in [9.17, 15) is 24.3 Å². The number of aliphatic carboxylic acids is 1. The topological polar surface area (TPSA) is 193 Å². The van der Waals surface area contributed by atoms with Crippen LogP contribution in [0, 0.1) is 0 Å². The lowest BCUT2D eigenvalue weighted by Gasteiger charge is -2.50. The van der Waals surface area contributed by atoms with E-state index in [0.717, 1.165) is 41.3 Å². The fourth-order valence-electron chi connectivity index (χ4n) is 5.37. The van der Waals surface area contributed by atoms with Crippen molar-refractivity contribution < 1.29 is 38.4 Å². The number of fused-ring (bicyclic) bond motifs is 1. The van der Waals surface area contributed by atoms with Crippen molar-refractivity contribution in [3.8, 4) is 0 Å². The molecule has 1 fully saturated rings. The molecule has 0 radical (unpaired) electrons. The number of carbonyl (C=O) groups is 4. The second-order valence-electron chi connectivity index (χ2n) is 11.5. The van der Waals surface area contributed by atoms with Crippen LogP contribution in [0.2, 0.25) is 0 Å². The van der Waals surface area contributed by atoms with Crippen LogP contribution in [0.4, 0.5) is 5.13 Å². The van der Waals surface area contributed by atoms with Gasteiger partial charge in [0.25, 0.3) is 11.8 Å². The van der Waals surface area contributed by atoms with E-state index in [4.69, 9.17) is 15.3 Å². The van der Waals surface area contributed by atoms with Crippen LogP contribution in [0.25, 0.3) is 0 Å². The predicted molar refractivity (Wildman–Crippen MR) is 178 cm³/mol. The first-order chi connectivity index (χ1) is 23.2. The Kier molecular flexibility index (Phi) is 14.2. The minimum Gasteiger partial charge on any atom is -0.543 e. The van der Waals surface area contributed by atoms with Crippen LogP contribution >= 0.6 is 23.3 Å². The molecule has 0 aromatic carbocycles. The van der Waals surface area contributed by atoms with Gasteiger partial charge in [-0.05, 0) is 13.3 Å². The maximum absolute atomic E-state index is 13.2. The van der Waals surface area contributed by atoms with Crippen molar-refractivity contribution in [2.24, 2.45) is 5.16 Å². The largest absolute Gasteiger partial charge is 0.543 e. The first-order valence-electron chi connectivity index (χ1n) is 16.4. The number of nitrogens with zero attached hydrogens (tertiary/aromatic N) is 5. The molecule has 1 saturated heterocycles. The van der Waals surface area contributed by atoms with E-state index in [1.807, 2.05) is 0 Å². The Morgan fingerprint density at radius 3 is 2.42 bits per heavy atom. The van der Waals surface area contributed by atoms with Gasteiger partial charge in [0.2, 0.25) is 11.5 Å². The number of carboxylic acid groups (broad SMARTS) is 1. The number of anilines is 1. The van der Waals surface area contributed by atoms with Crippen molar-refractivity contribution in [3.05, 3.63) is 47.2 Å². The Hall–Kier alpha value is -4.05. The van der Waals surface area contributed by atoms with E-state index in [0.29, 0.717) is 17.7 Å². The number of hydrogen-bond donors (Lipinski definition) is 2. The Bertz CT molecular complexity index is 1500. The molecular weight excluding hydrogens is 659 g/mol. The van der Waals surface area contributed by atoms with Gasteiger partial charge in [-0.1, -0.05) is 63.4 Å². The predicted octanol–water partition coefficient (Wildman–Crippen LogP) is 2.22. The molecule has 0 saturated carbocycles. The van der Waals surface area contributed by atoms with Gasteiger partial charge in [-0.25, -0.2) is 4.57 Å². The second-order valence-corrected chi connectivity index (χ2v) is 13.4. The third-order valence-electron chi connectivity index (χ3n) is 7.90. The maximum Gasteiger partial charge on any atom is 0.306 e. The number of rotatable bonds is 20. The highest BCUT2D eigenvalue weighted by Gasteiger charge is 2.53. The number of nitrogen functional groups attached to an aromatic ring is 1. The van der Waals surface area contributed by atoms with Gasteiger partial charge in [-0.2, -0.15) is 9.36 Å². The third kappa shape index (κ3) is 9.98. The van der Waals surface area contributed by atoms with E-state index >= 15 is 0 Å². The van der Waals surface area contributed by atoms with Gasteiger partial charge in [0.15, 0.2) is 24.1 Å². The Morgan fingerprint density at radius 2 is 1.79 bits per heavy atom. The molecule has 0 spiro atoms. The normalized spacial score (nSPS) is 17.5. The molecule has 1 unspecified atom stereocenters. The highest BCUT2D eigenvalue weighted by molar-refractivity contribution is 8.00. The number of carboxylic acids is 1. The monoisotopic (exact) mass is 701 g/mol. The van der Waals surface area contributed by atoms with E-state index in [-0.39, 0.29) is 48.1 Å². The summed E-state index contributed by atoms with van der Waals surface area (Å²) >= 11 is 2.20. The molecule has 14 nitrogen and oxygen atoms in total. The molecule has 48 heavy (non-hydrogen) atoms. The van der Waals surface area contributed by atoms with E-state index in [1.165, 1.54) is 50.3 Å². The molecule has 2 atom stereocenters. The van der Waals surface area contributed by atoms with Crippen LogP contribution < -0.4 is 20.7 Å². The molecule has 16 heteroatoms. The highest BCUT2D eigenvalue weighted by atomic mass is 32.2. The number of nitrogens with two attached hydrogens (primary N) is 1. The zero-order valence-electron chi connectivity index (χ0n) is 27.4. The number of oxime groups is 1. The Balaban J connectivity index is 1.27. The molecule has 0 bridgehead atoms. The number of hydrogen-bond acceptors (Lipinski definition) is 13. The maximum atomic E-state index is 13.2. The average molecular weight is 702 g/mol. The summed E-state index contributed by atoms with van der Waals surface area (Å²) in [6.07, 6.45) is 14.6. The fraction of sp³-hybridized carbons (Fsp3) is 0.562. The second kappa shape index (κ2) is 18.5. The fourth-order valence-corrected chi connectivity index (χ4v) is 7.14. The zero-order chi connectivity index (χ0) is 34.5. The summed E-state index contributed by atoms with van der Waals surface area (Å²) in [6, 6.07) is 2.60. The van der Waals surface area contributed by atoms with Crippen LogP contribution in [-0.4, -0.2) is 67.5 Å². The van der Waals surface area contributed by atoms with Gasteiger partial charge in [-0.3, -0.25) is 19.3 Å². The van der Waals surface area contributed by atoms with Crippen LogP contribution in [0.3, 0.4) is 0 Å². The number of pyridine rings is 1. The number of thioether (sulfide) groups is 1. The molecule has 2 amide bonds. The SMILES string of the molecule is CCCCCCCCCCCC(=O)OCc1cc[n+](CC2=C(C(=O)[O-])N3C(=O)C(NC(=O)C(=NOCC)c4nsc(N)n4)[C@@H]3SC2)cc1. The number of amides is 2. The summed E-state index contributed by atoms with van der Waals surface area (Å²) in [5.41, 5.74) is 6.47. The van der Waals surface area contributed by atoms with Crippen LogP contribution in [0.5, 0.6) is 0 Å². The van der Waals surface area contributed by atoms with Gasteiger partial charge in [0, 0.05) is 47.0 Å². The number of nitrogens with one attached hydrogen (secondary N) is 1. The highest BCUT2D eigenvalue weighted by Crippen LogP contribution is 2.40. The average Bonchev–Trinajstić information content (AvgIpc) is 3.51. The Morgan fingerprint density at radius 1 is 1.10 bits per heavy atom. The number of esters is 1. The molecule has 2 aliphatic heterocycles. The summed E-state index contributed by atoms with van der Waals surface area (Å²) < 4.78 is 11.2. The lowest BCUT2D eigenvalue weighted by atomic mass is 10.0. The van der Waals surface area contributed by atoms with E-state index < -0.39 is 29.2 Å². The van der Waals surface area contributed by atoms with Crippen molar-refractivity contribution in [2.45, 2.75) is 103 Å². The molecule has 3 N–H and O–H groups in total. The van der Waals surface area contributed by atoms with Gasteiger partial charge < -0.3 is 30.5 Å². The summed E-state index contributed by atoms with van der Waals surface area (Å²) in [4.78, 5) is 60.8. The number of unbranched alkanes of at least 4 members (excludes halogenated alkanes) is 8. The number of β-lactam (4-membered cyclic amide) rings is 1. The van der Waals surface area contributed by atoms with Crippen molar-refractivity contribution >= 4 is 57.9 Å². The van der Waals surface area contributed by atoms with E-state index in [2.05, 4.69) is 26.8 Å². The minimum absolute atomic E-state index is 0.0451. The van der Waals surface area contributed by atoms with Crippen LogP contribution in [0.1, 0.15) is 89.4 Å². The first-order valence-corrected chi connectivity index (χ1v) is 18.2. The van der Waals surface area contributed by atoms with Gasteiger partial charge in [0.05, 0.1) is 11.7 Å². The summed E-state index contributed by atoms with van der Waals surface area (Å²) in [7, 11) is 0. The first kappa shape index (κ1) is 36.8. The number of carbonyl (C=O) groups excluding carboxylic acids is 4. The van der Waals surface area contributed by atoms with E-state index in [1.54, 1.807) is 36.0 Å². The standard InChI is InChI=1S/C32H43N7O7S2/c1-3-5-6-7-8-9-10-11-12-13-23(40)45-19-21-14-16-38(17-15-21)18-22-20-47-30-25(29(42)39(30)26(22)31(43)44)34-28(41)24(36-46-4-2)27-35-32(33)48-37-27/h14-17,25,30H,3-13,18-20H2,1-2H3,(H3-,33,34,35,37,41,43,44)/t25?,30-/m0/s1. The molecule has 4 rings (SSSR count). The minimum atomic E-state index is -1.48. The lowest BCUT2D eigenvalue weighted by molar-refractivity contribution is -0.689. The van der Waals surface area contributed by atoms with Gasteiger partial charge in [0.1, 0.15) is 24.6 Å². The third-order valence-corrected chi connectivity index (χ3v) is 9.78. The molecule has 2 aliphatic rings. The van der Waals surface area contributed by atoms with Crippen LogP contribution in [-0.2, 0) is 41.9 Å².